The zero-order valence-electron chi connectivity index (χ0n) is 31.4. The van der Waals surface area contributed by atoms with Crippen molar-refractivity contribution in [1.29, 1.82) is 0 Å². The predicted molar refractivity (Wildman–Crippen MR) is 211 cm³/mol. The molecule has 0 aliphatic carbocycles. The van der Waals surface area contributed by atoms with Gasteiger partial charge in [0, 0.05) is 0 Å². The zero-order chi connectivity index (χ0) is 35.9. The van der Waals surface area contributed by atoms with E-state index in [9.17, 15) is 0 Å². The molecule has 2 nitrogen and oxygen atoms in total. The first-order valence-corrected chi connectivity index (χ1v) is 19.0. The molecular weight excluding hydrogens is 846 g/mol. The molecule has 7 aromatic carbocycles. The van der Waals surface area contributed by atoms with Crippen molar-refractivity contribution in [2.45, 2.75) is 52.4 Å². The average Bonchev–Trinajstić information content (AvgIpc) is 3.79. The van der Waals surface area contributed by atoms with Crippen LogP contribution in [0, 0.1) is 0 Å². The van der Waals surface area contributed by atoms with Crippen LogP contribution in [-0.4, -0.2) is 17.5 Å². The molecule has 0 saturated carbocycles. The van der Waals surface area contributed by atoms with Crippen LogP contribution in [-0.2, 0) is 34.7 Å². The van der Waals surface area contributed by atoms with Crippen LogP contribution in [0.2, 0.25) is 0 Å². The summed E-state index contributed by atoms with van der Waals surface area (Å²) in [6.45, 7) is 13.6. The second-order valence-electron chi connectivity index (χ2n) is 14.6. The molecule has 268 valence electrons. The van der Waals surface area contributed by atoms with Gasteiger partial charge in [-0.25, -0.2) is 0 Å². The zero-order valence-corrected chi connectivity index (χ0v) is 36.5. The fraction of sp³-hybridized carbons (Fsp3) is 0.213. The standard InChI is InChI=1S/C21H25.C13H13O2.C13H10.2ClH.Hf/c1-20(2,3)16-7-9-18-14(12-16)11-15-13-17(21(4,5)6)8-10-19(15)18;1-14-12-9-5-8-11(13(12)15-2)10-6-3-4-7-10;1-3-7-12(8-4-1)11-13-9-5-2-6-10-13;;;/h7-13H,1-6H3;3-9H,1-2H3;1-10H;2*1H;/q2*-1;;;;+2/p-2. The van der Waals surface area contributed by atoms with Gasteiger partial charge in [0.25, 0.3) is 0 Å². The molecule has 0 aliphatic rings. The van der Waals surface area contributed by atoms with E-state index < -0.39 is 0 Å². The SMILES string of the molecule is CC(C)(C)c1ccc2c(c1)[cH-]c1cc(C(C)(C)C)ccc12.COc1cccc(-c2ccc[cH-]2)c1OC.[Cl-].[Cl-].[Hf+2]=[C](c1ccccc1)c1ccccc1. The van der Waals surface area contributed by atoms with Gasteiger partial charge in [0.1, 0.15) is 5.75 Å². The van der Waals surface area contributed by atoms with E-state index in [2.05, 4.69) is 157 Å². The molecule has 0 unspecified atom stereocenters. The number of fused-ring (bicyclic) bond motifs is 3. The third-order valence-electron chi connectivity index (χ3n) is 8.94. The summed E-state index contributed by atoms with van der Waals surface area (Å²) in [4.78, 5) is 0. The van der Waals surface area contributed by atoms with Crippen molar-refractivity contribution in [1.82, 2.24) is 0 Å². The van der Waals surface area contributed by atoms with E-state index in [0.717, 1.165) is 46.5 Å². The van der Waals surface area contributed by atoms with Crippen LogP contribution in [0.3, 0.4) is 0 Å². The van der Waals surface area contributed by atoms with E-state index in [4.69, 9.17) is 9.47 Å². The Kier molecular flexibility index (Phi) is 15.4. The third kappa shape index (κ3) is 10.4. The number of para-hydroxylation sites is 1. The number of hydrogen-bond acceptors (Lipinski definition) is 2. The van der Waals surface area contributed by atoms with Crippen LogP contribution in [0.5, 0.6) is 11.5 Å². The van der Waals surface area contributed by atoms with E-state index in [1.165, 1.54) is 47.1 Å². The van der Waals surface area contributed by atoms with Gasteiger partial charge in [-0.3, -0.25) is 0 Å². The molecule has 0 radical (unpaired) electrons. The van der Waals surface area contributed by atoms with Crippen molar-refractivity contribution in [2.24, 2.45) is 0 Å². The molecule has 0 heterocycles. The summed E-state index contributed by atoms with van der Waals surface area (Å²) in [5.74, 6) is 1.54. The maximum atomic E-state index is 5.37. The molecule has 0 amide bonds. The van der Waals surface area contributed by atoms with Crippen LogP contribution in [0.25, 0.3) is 32.7 Å². The van der Waals surface area contributed by atoms with Crippen LogP contribution in [0.4, 0.5) is 0 Å². The average molecular weight is 894 g/mol. The van der Waals surface area contributed by atoms with Crippen molar-refractivity contribution < 1.29 is 58.2 Å². The van der Waals surface area contributed by atoms with Gasteiger partial charge in [0.05, 0.1) is 14.2 Å². The first kappa shape index (κ1) is 42.7. The van der Waals surface area contributed by atoms with Crippen molar-refractivity contribution in [3.8, 4) is 22.6 Å². The molecule has 0 aromatic heterocycles. The monoisotopic (exact) mass is 894 g/mol. The molecule has 0 fully saturated rings. The van der Waals surface area contributed by atoms with Gasteiger partial charge in [-0.1, -0.05) is 94.6 Å². The minimum atomic E-state index is 0. The van der Waals surface area contributed by atoms with Gasteiger partial charge in [0.2, 0.25) is 0 Å². The summed E-state index contributed by atoms with van der Waals surface area (Å²) in [7, 11) is 3.30. The molecule has 52 heavy (non-hydrogen) atoms. The Morgan fingerprint density at radius 3 is 1.46 bits per heavy atom. The Bertz CT molecular complexity index is 2040. The Labute approximate surface area is 337 Å². The topological polar surface area (TPSA) is 18.5 Å². The minimum absolute atomic E-state index is 0. The second-order valence-corrected chi connectivity index (χ2v) is 16.4. The van der Waals surface area contributed by atoms with E-state index in [0.29, 0.717) is 0 Å². The van der Waals surface area contributed by atoms with Crippen molar-refractivity contribution in [3.05, 3.63) is 168 Å². The molecule has 0 saturated heterocycles. The molecule has 0 bridgehead atoms. The molecule has 0 aliphatic heterocycles. The van der Waals surface area contributed by atoms with Gasteiger partial charge in [0.15, 0.2) is 5.75 Å². The molecule has 7 aromatic rings. The molecule has 0 spiro atoms. The fourth-order valence-corrected chi connectivity index (χ4v) is 7.20. The second kappa shape index (κ2) is 18.8. The van der Waals surface area contributed by atoms with Gasteiger partial charge < -0.3 is 34.3 Å². The normalized spacial score (nSPS) is 10.9. The molecule has 7 rings (SSSR count). The fourth-order valence-electron chi connectivity index (χ4n) is 6.00. The molecule has 5 heteroatoms. The van der Waals surface area contributed by atoms with E-state index in [1.54, 1.807) is 14.2 Å². The third-order valence-corrected chi connectivity index (χ3v) is 11.0. The van der Waals surface area contributed by atoms with Gasteiger partial charge in [-0.2, -0.15) is 18.2 Å². The number of halogens is 2. The van der Waals surface area contributed by atoms with E-state index in [1.807, 2.05) is 30.3 Å². The van der Waals surface area contributed by atoms with Crippen LogP contribution >= 0.6 is 0 Å². The number of methoxy groups -OCH3 is 2. The number of benzene rings is 5. The Hall–Kier alpha value is -3.76. The first-order valence-electron chi connectivity index (χ1n) is 17.2. The van der Waals surface area contributed by atoms with Gasteiger partial charge in [-0.15, -0.1) is 51.4 Å². The summed E-state index contributed by atoms with van der Waals surface area (Å²) < 4.78 is 12.1. The Balaban J connectivity index is 0.000000212. The summed E-state index contributed by atoms with van der Waals surface area (Å²) in [6.07, 6.45) is 0. The van der Waals surface area contributed by atoms with Gasteiger partial charge in [-0.05, 0) is 16.9 Å². The van der Waals surface area contributed by atoms with E-state index >= 15 is 0 Å². The summed E-state index contributed by atoms with van der Waals surface area (Å²) in [5.41, 5.74) is 8.12. The summed E-state index contributed by atoms with van der Waals surface area (Å²) in [6, 6.07) is 51.4. The first-order chi connectivity index (χ1) is 23.9. The van der Waals surface area contributed by atoms with Crippen LogP contribution in [0.15, 0.2) is 146 Å². The van der Waals surface area contributed by atoms with Crippen molar-refractivity contribution in [3.63, 3.8) is 0 Å². The molecule has 0 atom stereocenters. The van der Waals surface area contributed by atoms with Gasteiger partial charge >= 0.3 is 98.9 Å². The summed E-state index contributed by atoms with van der Waals surface area (Å²) in [5, 5.41) is 5.48. The molecule has 0 N–H and O–H groups in total. The quantitative estimate of drug-likeness (QED) is 0.152. The Morgan fingerprint density at radius 2 is 1.06 bits per heavy atom. The maximum absolute atomic E-state index is 5.37. The Morgan fingerprint density at radius 1 is 0.558 bits per heavy atom. The van der Waals surface area contributed by atoms with E-state index in [-0.39, 0.29) is 35.6 Å². The molecular formula is C47H48Cl2HfO2-2. The van der Waals surface area contributed by atoms with Crippen molar-refractivity contribution >= 4 is 24.8 Å². The number of ether oxygens (including phenoxy) is 2. The van der Waals surface area contributed by atoms with Crippen LogP contribution < -0.4 is 34.3 Å². The number of hydrogen-bond donors (Lipinski definition) is 0. The summed E-state index contributed by atoms with van der Waals surface area (Å²) >= 11 is 1.08. The van der Waals surface area contributed by atoms with Crippen LogP contribution in [0.1, 0.15) is 63.8 Å². The number of rotatable bonds is 5. The van der Waals surface area contributed by atoms with Crippen molar-refractivity contribution in [2.75, 3.05) is 14.2 Å². The predicted octanol–water partition coefficient (Wildman–Crippen LogP) is 6.21.